The highest BCUT2D eigenvalue weighted by molar-refractivity contribution is 7.85. The summed E-state index contributed by atoms with van der Waals surface area (Å²) >= 11 is 0. The van der Waals surface area contributed by atoms with Gasteiger partial charge in [0, 0.05) is 34.0 Å². The Bertz CT molecular complexity index is 545. The van der Waals surface area contributed by atoms with E-state index in [0.717, 1.165) is 0 Å². The van der Waals surface area contributed by atoms with E-state index >= 15 is 0 Å². The van der Waals surface area contributed by atoms with Crippen LogP contribution in [0.1, 0.15) is 29.0 Å². The quantitative estimate of drug-likeness (QED) is 0.668. The Morgan fingerprint density at radius 2 is 2.05 bits per heavy atom. The lowest BCUT2D eigenvalue weighted by molar-refractivity contribution is 0.0692. The second-order valence-electron chi connectivity index (χ2n) is 4.77. The van der Waals surface area contributed by atoms with Gasteiger partial charge < -0.3 is 20.7 Å². The van der Waals surface area contributed by atoms with Gasteiger partial charge in [0.15, 0.2) is 0 Å². The van der Waals surface area contributed by atoms with Crippen molar-refractivity contribution < 1.29 is 18.9 Å². The highest BCUT2D eigenvalue weighted by atomic mass is 32.2. The number of anilines is 1. The molecule has 0 atom stereocenters. The zero-order valence-corrected chi connectivity index (χ0v) is 11.9. The topological polar surface area (TPSA) is 111 Å². The van der Waals surface area contributed by atoms with Crippen molar-refractivity contribution in [2.45, 2.75) is 25.8 Å². The number of aromatic carboxylic acids is 1. The van der Waals surface area contributed by atoms with Crippen LogP contribution >= 0.6 is 0 Å². The predicted octanol–water partition coefficient (Wildman–Crippen LogP) is 1.05. The van der Waals surface area contributed by atoms with E-state index < -0.39 is 22.8 Å². The van der Waals surface area contributed by atoms with Crippen molar-refractivity contribution in [1.29, 1.82) is 0 Å². The fourth-order valence-corrected chi connectivity index (χ4v) is 3.44. The first kappa shape index (κ1) is 14.6. The number of rotatable bonds is 3. The Morgan fingerprint density at radius 3 is 2.65 bits per heavy atom. The molecule has 1 saturated heterocycles. The van der Waals surface area contributed by atoms with Crippen LogP contribution in [0.2, 0.25) is 0 Å². The molecule has 0 unspecified atom stereocenters. The van der Waals surface area contributed by atoms with Crippen LogP contribution in [-0.2, 0) is 10.8 Å². The summed E-state index contributed by atoms with van der Waals surface area (Å²) < 4.78 is 11.2. The molecule has 0 saturated carbocycles. The zero-order chi connectivity index (χ0) is 14.7. The van der Waals surface area contributed by atoms with Crippen LogP contribution in [0.3, 0.4) is 0 Å². The van der Waals surface area contributed by atoms with Crippen molar-refractivity contribution in [2.24, 2.45) is 0 Å². The number of hydrogen-bond donors (Lipinski definition) is 4. The van der Waals surface area contributed by atoms with Gasteiger partial charge in [-0.15, -0.1) is 0 Å². The minimum Gasteiger partial charge on any atom is -0.477 e. The first-order valence-corrected chi connectivity index (χ1v) is 7.80. The normalized spacial score (nSPS) is 22.2. The number of urea groups is 1. The van der Waals surface area contributed by atoms with Crippen molar-refractivity contribution in [3.63, 3.8) is 0 Å². The molecule has 4 N–H and O–H groups in total. The van der Waals surface area contributed by atoms with Gasteiger partial charge in [0.1, 0.15) is 5.69 Å². The number of carbonyl (C=O) groups is 2. The largest absolute Gasteiger partial charge is 0.477 e. The lowest BCUT2D eigenvalue weighted by atomic mass is 10.2. The molecule has 1 aromatic rings. The Kier molecular flexibility index (Phi) is 4.43. The highest BCUT2D eigenvalue weighted by Gasteiger charge is 2.21. The fourth-order valence-electron chi connectivity index (χ4n) is 2.14. The monoisotopic (exact) mass is 299 g/mol. The molecule has 1 aliphatic rings. The molecule has 0 spiro atoms. The lowest BCUT2D eigenvalue weighted by Crippen LogP contribution is -2.41. The first-order valence-electron chi connectivity index (χ1n) is 6.31. The van der Waals surface area contributed by atoms with E-state index in [4.69, 9.17) is 5.11 Å². The molecule has 0 aliphatic carbocycles. The van der Waals surface area contributed by atoms with E-state index in [1.165, 1.54) is 0 Å². The van der Waals surface area contributed by atoms with Gasteiger partial charge in [-0.1, -0.05) is 0 Å². The summed E-state index contributed by atoms with van der Waals surface area (Å²) in [6, 6.07) is 1.11. The summed E-state index contributed by atoms with van der Waals surface area (Å²) in [6.45, 7) is 1.71. The van der Waals surface area contributed by atoms with Gasteiger partial charge in [0.2, 0.25) is 0 Å². The molecular formula is C12H17N3O4S. The Morgan fingerprint density at radius 1 is 1.40 bits per heavy atom. The number of aryl methyl sites for hydroxylation is 1. The maximum absolute atomic E-state index is 11.8. The van der Waals surface area contributed by atoms with E-state index in [1.54, 1.807) is 13.0 Å². The fraction of sp³-hybridized carbons (Fsp3) is 0.500. The molecule has 7 nitrogen and oxygen atoms in total. The summed E-state index contributed by atoms with van der Waals surface area (Å²) in [5, 5.41) is 14.3. The van der Waals surface area contributed by atoms with Gasteiger partial charge in [-0.25, -0.2) is 9.59 Å². The summed E-state index contributed by atoms with van der Waals surface area (Å²) in [7, 11) is -0.775. The number of H-pyrrole nitrogens is 1. The second-order valence-corrected chi connectivity index (χ2v) is 6.46. The van der Waals surface area contributed by atoms with Crippen LogP contribution in [-0.4, -0.2) is 43.8 Å². The van der Waals surface area contributed by atoms with Gasteiger partial charge >= 0.3 is 12.0 Å². The standard InChI is InChI=1S/C12H17N3O4S/c1-7-6-9(10(13-7)11(16)17)15-12(18)14-8-2-4-20(19)5-3-8/h6,8,13H,2-5H2,1H3,(H,16,17)(H2,14,15,18). The third-order valence-electron chi connectivity index (χ3n) is 3.14. The van der Waals surface area contributed by atoms with E-state index in [0.29, 0.717) is 30.0 Å². The molecule has 1 fully saturated rings. The number of nitrogens with one attached hydrogen (secondary N) is 3. The molecule has 1 aromatic heterocycles. The third-order valence-corrected chi connectivity index (χ3v) is 4.52. The molecule has 0 aromatic carbocycles. The van der Waals surface area contributed by atoms with Crippen molar-refractivity contribution in [3.05, 3.63) is 17.5 Å². The number of hydrogen-bond acceptors (Lipinski definition) is 3. The van der Waals surface area contributed by atoms with Crippen molar-refractivity contribution in [3.8, 4) is 0 Å². The van der Waals surface area contributed by atoms with Crippen LogP contribution in [0, 0.1) is 6.92 Å². The lowest BCUT2D eigenvalue weighted by Gasteiger charge is -2.22. The van der Waals surface area contributed by atoms with Crippen molar-refractivity contribution in [2.75, 3.05) is 16.8 Å². The average Bonchev–Trinajstić information content (AvgIpc) is 2.73. The average molecular weight is 299 g/mol. The maximum Gasteiger partial charge on any atom is 0.354 e. The summed E-state index contributed by atoms with van der Waals surface area (Å²) in [5.74, 6) is 0.0601. The summed E-state index contributed by atoms with van der Waals surface area (Å²) in [5.41, 5.74) is 0.861. The van der Waals surface area contributed by atoms with E-state index in [9.17, 15) is 13.8 Å². The molecular weight excluding hydrogens is 282 g/mol. The molecule has 2 rings (SSSR count). The maximum atomic E-state index is 11.8. The molecule has 0 radical (unpaired) electrons. The SMILES string of the molecule is Cc1cc(NC(=O)NC2CCS(=O)CC2)c(C(=O)O)[nH]1. The third kappa shape index (κ3) is 3.60. The smallest absolute Gasteiger partial charge is 0.354 e. The summed E-state index contributed by atoms with van der Waals surface area (Å²) in [4.78, 5) is 25.5. The second kappa shape index (κ2) is 6.08. The van der Waals surface area contributed by atoms with E-state index in [1.807, 2.05) is 0 Å². The molecule has 1 aliphatic heterocycles. The molecule has 2 amide bonds. The number of amides is 2. The van der Waals surface area contributed by atoms with Gasteiger partial charge in [-0.2, -0.15) is 0 Å². The molecule has 8 heteroatoms. The molecule has 0 bridgehead atoms. The first-order chi connectivity index (χ1) is 9.45. The van der Waals surface area contributed by atoms with Crippen LogP contribution in [0.5, 0.6) is 0 Å². The number of aromatic nitrogens is 1. The summed E-state index contributed by atoms with van der Waals surface area (Å²) in [6.07, 6.45) is 1.36. The number of carbonyl (C=O) groups excluding carboxylic acids is 1. The Balaban J connectivity index is 1.94. The highest BCUT2D eigenvalue weighted by Crippen LogP contribution is 2.17. The van der Waals surface area contributed by atoms with Crippen LogP contribution in [0.15, 0.2) is 6.07 Å². The Hall–Kier alpha value is -1.83. The van der Waals surface area contributed by atoms with Crippen LogP contribution in [0.25, 0.3) is 0 Å². The van der Waals surface area contributed by atoms with E-state index in [2.05, 4.69) is 15.6 Å². The van der Waals surface area contributed by atoms with Crippen LogP contribution < -0.4 is 10.6 Å². The van der Waals surface area contributed by atoms with Gasteiger partial charge in [-0.3, -0.25) is 4.21 Å². The number of carboxylic acid groups (broad SMARTS) is 1. The van der Waals surface area contributed by atoms with Crippen LogP contribution in [0.4, 0.5) is 10.5 Å². The minimum absolute atomic E-state index is 0.0129. The van der Waals surface area contributed by atoms with Gasteiger partial charge in [0.25, 0.3) is 0 Å². The molecule has 110 valence electrons. The molecule has 20 heavy (non-hydrogen) atoms. The van der Waals surface area contributed by atoms with Crippen molar-refractivity contribution >= 4 is 28.5 Å². The molecule has 2 heterocycles. The Labute approximate surface area is 118 Å². The van der Waals surface area contributed by atoms with Gasteiger partial charge in [0.05, 0.1) is 5.69 Å². The minimum atomic E-state index is -1.12. The van der Waals surface area contributed by atoms with Gasteiger partial charge in [-0.05, 0) is 25.8 Å². The van der Waals surface area contributed by atoms with Crippen molar-refractivity contribution in [1.82, 2.24) is 10.3 Å². The number of aromatic amines is 1. The predicted molar refractivity (Wildman–Crippen MR) is 75.5 cm³/mol. The number of carboxylic acids is 1. The van der Waals surface area contributed by atoms with E-state index in [-0.39, 0.29) is 17.4 Å². The zero-order valence-electron chi connectivity index (χ0n) is 11.1.